The summed E-state index contributed by atoms with van der Waals surface area (Å²) in [7, 11) is -3.98. The van der Waals surface area contributed by atoms with E-state index in [4.69, 9.17) is 11.6 Å². The van der Waals surface area contributed by atoms with Crippen molar-refractivity contribution in [3.05, 3.63) is 89.1 Å². The number of amides is 2. The highest BCUT2D eigenvalue weighted by atomic mass is 35.5. The molecule has 1 aliphatic heterocycles. The van der Waals surface area contributed by atoms with Crippen molar-refractivity contribution >= 4 is 33.7 Å². The maximum atomic E-state index is 13.1. The quantitative estimate of drug-likeness (QED) is 0.666. The largest absolute Gasteiger partial charge is 0.341 e. The summed E-state index contributed by atoms with van der Waals surface area (Å²) in [6.45, 7) is 0.206. The minimum absolute atomic E-state index is 0.0310. The Balaban J connectivity index is 1.73. The number of aromatic nitrogens is 1. The molecule has 0 spiro atoms. The molecule has 0 aliphatic carbocycles. The van der Waals surface area contributed by atoms with E-state index in [2.05, 4.69) is 0 Å². The van der Waals surface area contributed by atoms with Crippen molar-refractivity contribution in [2.24, 2.45) is 0 Å². The zero-order valence-corrected chi connectivity index (χ0v) is 15.8. The van der Waals surface area contributed by atoms with Gasteiger partial charge in [0.1, 0.15) is 5.82 Å². The number of rotatable bonds is 4. The van der Waals surface area contributed by atoms with Crippen molar-refractivity contribution < 1.29 is 13.2 Å². The maximum absolute atomic E-state index is 13.1. The minimum atomic E-state index is -3.98. The van der Waals surface area contributed by atoms with Gasteiger partial charge < -0.3 is 0 Å². The Bertz CT molecular complexity index is 1080. The van der Waals surface area contributed by atoms with Gasteiger partial charge in [-0.3, -0.25) is 4.90 Å². The number of urea groups is 1. The molecule has 2 heterocycles. The van der Waals surface area contributed by atoms with Gasteiger partial charge in [-0.05, 0) is 35.4 Å². The van der Waals surface area contributed by atoms with Crippen molar-refractivity contribution in [2.45, 2.75) is 13.1 Å². The Morgan fingerprint density at radius 1 is 0.815 bits per heavy atom. The van der Waals surface area contributed by atoms with Gasteiger partial charge in [-0.2, -0.15) is 12.7 Å². The highest BCUT2D eigenvalue weighted by Crippen LogP contribution is 2.30. The van der Waals surface area contributed by atoms with Crippen LogP contribution in [0.5, 0.6) is 0 Å². The Kier molecular flexibility index (Phi) is 4.41. The number of benzene rings is 2. The molecule has 3 aromatic rings. The summed E-state index contributed by atoms with van der Waals surface area (Å²) >= 11 is 5.93. The maximum Gasteiger partial charge on any atom is 0.341 e. The molecule has 27 heavy (non-hydrogen) atoms. The first-order valence-corrected chi connectivity index (χ1v) is 10.0. The lowest BCUT2D eigenvalue weighted by atomic mass is 10.2. The second kappa shape index (κ2) is 6.75. The van der Waals surface area contributed by atoms with Crippen LogP contribution >= 0.6 is 11.6 Å². The van der Waals surface area contributed by atoms with Crippen LogP contribution in [0.2, 0.25) is 5.02 Å². The van der Waals surface area contributed by atoms with Gasteiger partial charge in [-0.1, -0.05) is 54.1 Å². The lowest BCUT2D eigenvalue weighted by Gasteiger charge is -2.35. The molecule has 0 fully saturated rings. The number of hydrogen-bond donors (Lipinski definition) is 0. The lowest BCUT2D eigenvalue weighted by molar-refractivity contribution is 0.225. The van der Waals surface area contributed by atoms with Crippen molar-refractivity contribution in [3.8, 4) is 0 Å². The van der Waals surface area contributed by atoms with E-state index in [1.807, 2.05) is 30.3 Å². The fourth-order valence-corrected chi connectivity index (χ4v) is 4.58. The Hall–Kier alpha value is -2.77. The van der Waals surface area contributed by atoms with E-state index in [0.717, 1.165) is 19.4 Å². The predicted molar refractivity (Wildman–Crippen MR) is 104 cm³/mol. The van der Waals surface area contributed by atoms with Crippen LogP contribution in [0, 0.1) is 0 Å². The molecule has 0 radical (unpaired) electrons. The predicted octanol–water partition coefficient (Wildman–Crippen LogP) is 3.88. The van der Waals surface area contributed by atoms with E-state index in [1.165, 1.54) is 11.1 Å². The normalized spacial score (nSPS) is 15.7. The summed E-state index contributed by atoms with van der Waals surface area (Å²) in [5.41, 5.74) is 1.58. The molecular formula is C19H16ClN3O3S. The zero-order chi connectivity index (χ0) is 19.0. The number of hydrogen-bond acceptors (Lipinski definition) is 3. The monoisotopic (exact) mass is 401 g/mol. The van der Waals surface area contributed by atoms with E-state index in [1.54, 1.807) is 36.4 Å². The first-order chi connectivity index (χ1) is 13.0. The third-order valence-electron chi connectivity index (χ3n) is 4.36. The van der Waals surface area contributed by atoms with Gasteiger partial charge in [0.25, 0.3) is 0 Å². The van der Waals surface area contributed by atoms with Crippen molar-refractivity contribution in [1.29, 1.82) is 0 Å². The SMILES string of the molecule is O=C1N(Cc2ccc(Cl)cc2)c2cccn2S(=O)(=O)N1Cc1ccccc1. The average molecular weight is 402 g/mol. The summed E-state index contributed by atoms with van der Waals surface area (Å²) in [5.74, 6) is 0.319. The number of fused-ring (bicyclic) bond motifs is 1. The fraction of sp³-hybridized carbons (Fsp3) is 0.105. The first-order valence-electron chi connectivity index (χ1n) is 8.27. The topological polar surface area (TPSA) is 62.6 Å². The molecule has 8 heteroatoms. The molecule has 4 rings (SSSR count). The first kappa shape index (κ1) is 17.6. The third-order valence-corrected chi connectivity index (χ3v) is 6.26. The van der Waals surface area contributed by atoms with Crippen LogP contribution in [-0.2, 0) is 23.3 Å². The number of anilines is 1. The summed E-state index contributed by atoms with van der Waals surface area (Å²) in [6, 6.07) is 18.8. The van der Waals surface area contributed by atoms with E-state index >= 15 is 0 Å². The number of halogens is 1. The van der Waals surface area contributed by atoms with Gasteiger partial charge in [0, 0.05) is 11.2 Å². The second-order valence-electron chi connectivity index (χ2n) is 6.16. The van der Waals surface area contributed by atoms with Gasteiger partial charge in [-0.25, -0.2) is 8.77 Å². The Labute approximate surface area is 162 Å². The van der Waals surface area contributed by atoms with Gasteiger partial charge >= 0.3 is 16.2 Å². The van der Waals surface area contributed by atoms with Gasteiger partial charge in [-0.15, -0.1) is 0 Å². The van der Waals surface area contributed by atoms with E-state index in [-0.39, 0.29) is 13.1 Å². The summed E-state index contributed by atoms with van der Waals surface area (Å²) < 4.78 is 27.9. The number of carbonyl (C=O) groups is 1. The molecule has 0 bridgehead atoms. The molecular weight excluding hydrogens is 386 g/mol. The van der Waals surface area contributed by atoms with Crippen LogP contribution in [0.3, 0.4) is 0 Å². The number of nitrogens with zero attached hydrogens (tertiary/aromatic N) is 3. The van der Waals surface area contributed by atoms with Crippen LogP contribution in [0.4, 0.5) is 10.6 Å². The molecule has 1 aromatic heterocycles. The van der Waals surface area contributed by atoms with Crippen molar-refractivity contribution in [1.82, 2.24) is 8.28 Å². The molecule has 0 saturated heterocycles. The van der Waals surface area contributed by atoms with E-state index in [9.17, 15) is 13.2 Å². The average Bonchev–Trinajstić information content (AvgIpc) is 3.16. The lowest BCUT2D eigenvalue weighted by Crippen LogP contribution is -2.52. The Morgan fingerprint density at radius 2 is 1.48 bits per heavy atom. The van der Waals surface area contributed by atoms with Crippen molar-refractivity contribution in [2.75, 3.05) is 4.90 Å². The molecule has 2 amide bonds. The van der Waals surface area contributed by atoms with Crippen LogP contribution in [-0.4, -0.2) is 22.7 Å². The summed E-state index contributed by atoms with van der Waals surface area (Å²) in [6.07, 6.45) is 1.45. The van der Waals surface area contributed by atoms with Crippen LogP contribution in [0.25, 0.3) is 0 Å². The van der Waals surface area contributed by atoms with Gasteiger partial charge in [0.05, 0.1) is 13.1 Å². The number of carbonyl (C=O) groups excluding carboxylic acids is 1. The minimum Gasteiger partial charge on any atom is -0.274 e. The van der Waals surface area contributed by atoms with Crippen molar-refractivity contribution in [3.63, 3.8) is 0 Å². The highest BCUT2D eigenvalue weighted by Gasteiger charge is 2.40. The van der Waals surface area contributed by atoms with Crippen LogP contribution < -0.4 is 4.90 Å². The molecule has 0 unspecified atom stereocenters. The highest BCUT2D eigenvalue weighted by molar-refractivity contribution is 7.88. The molecule has 0 saturated carbocycles. The van der Waals surface area contributed by atoms with E-state index < -0.39 is 16.2 Å². The summed E-state index contributed by atoms with van der Waals surface area (Å²) in [4.78, 5) is 14.6. The molecule has 2 aromatic carbocycles. The van der Waals surface area contributed by atoms with Gasteiger partial charge in [0.15, 0.2) is 0 Å². The van der Waals surface area contributed by atoms with E-state index in [0.29, 0.717) is 10.8 Å². The summed E-state index contributed by atoms with van der Waals surface area (Å²) in [5, 5.41) is 0.598. The molecule has 6 nitrogen and oxygen atoms in total. The van der Waals surface area contributed by atoms with Crippen LogP contribution in [0.15, 0.2) is 72.9 Å². The second-order valence-corrected chi connectivity index (χ2v) is 8.32. The molecule has 0 N–H and O–H groups in total. The zero-order valence-electron chi connectivity index (χ0n) is 14.2. The Morgan fingerprint density at radius 3 is 2.19 bits per heavy atom. The molecule has 138 valence electrons. The smallest absolute Gasteiger partial charge is 0.274 e. The molecule has 0 atom stereocenters. The fourth-order valence-electron chi connectivity index (χ4n) is 3.02. The van der Waals surface area contributed by atoms with Crippen LogP contribution in [0.1, 0.15) is 11.1 Å². The standard InChI is InChI=1S/C19H16ClN3O3S/c20-17-10-8-16(9-11-17)13-21-18-7-4-12-22(18)27(25,26)23(19(21)24)14-15-5-2-1-3-6-15/h1-12H,13-14H2. The third kappa shape index (κ3) is 3.20. The molecule has 1 aliphatic rings. The van der Waals surface area contributed by atoms with Gasteiger partial charge in [0.2, 0.25) is 0 Å².